The first-order valence-electron chi connectivity index (χ1n) is 3.64. The van der Waals surface area contributed by atoms with Gasteiger partial charge in [-0.2, -0.15) is 8.42 Å². The van der Waals surface area contributed by atoms with E-state index in [1.807, 2.05) is 0 Å². The van der Waals surface area contributed by atoms with Crippen LogP contribution in [0.2, 0.25) is 0 Å². The summed E-state index contributed by atoms with van der Waals surface area (Å²) in [4.78, 5) is 20.7. The summed E-state index contributed by atoms with van der Waals surface area (Å²) in [5.74, 6) is -0.913. The van der Waals surface area contributed by atoms with Gasteiger partial charge in [-0.3, -0.25) is 18.7 Å². The summed E-state index contributed by atoms with van der Waals surface area (Å²) in [6, 6.07) is 0. The van der Waals surface area contributed by atoms with Gasteiger partial charge >= 0.3 is 22.3 Å². The predicted octanol–water partition coefficient (Wildman–Crippen LogP) is 0.221. The first-order chi connectivity index (χ1) is 6.20. The van der Waals surface area contributed by atoms with Gasteiger partial charge in [0.05, 0.1) is 0 Å². The van der Waals surface area contributed by atoms with E-state index in [-0.39, 0.29) is 29.9 Å². The SMILES string of the molecule is CCC(=O)OC(=O)CC.O=S(=O)(O)O.[Cu]. The third kappa shape index (κ3) is 31.7. The summed E-state index contributed by atoms with van der Waals surface area (Å²) in [6.45, 7) is 3.29. The van der Waals surface area contributed by atoms with Crippen molar-refractivity contribution in [2.45, 2.75) is 26.7 Å². The van der Waals surface area contributed by atoms with Crippen molar-refractivity contribution in [3.8, 4) is 0 Å². The van der Waals surface area contributed by atoms with Crippen molar-refractivity contribution in [1.29, 1.82) is 0 Å². The molecular formula is C6H12CuO7S. The Labute approximate surface area is 98.2 Å². The van der Waals surface area contributed by atoms with Crippen LogP contribution in [0.3, 0.4) is 0 Å². The average molecular weight is 292 g/mol. The van der Waals surface area contributed by atoms with Crippen molar-refractivity contribution in [3.05, 3.63) is 0 Å². The van der Waals surface area contributed by atoms with Crippen LogP contribution in [0.25, 0.3) is 0 Å². The summed E-state index contributed by atoms with van der Waals surface area (Å²) in [6.07, 6.45) is 0.511. The molecule has 0 aromatic carbocycles. The number of hydrogen-bond donors (Lipinski definition) is 2. The van der Waals surface area contributed by atoms with Crippen LogP contribution in [-0.2, 0) is 41.8 Å². The van der Waals surface area contributed by atoms with E-state index in [4.69, 9.17) is 17.5 Å². The van der Waals surface area contributed by atoms with E-state index in [0.717, 1.165) is 0 Å². The first kappa shape index (κ1) is 20.0. The Morgan fingerprint density at radius 1 is 1.07 bits per heavy atom. The van der Waals surface area contributed by atoms with Crippen LogP contribution in [0.5, 0.6) is 0 Å². The zero-order valence-corrected chi connectivity index (χ0v) is 9.82. The van der Waals surface area contributed by atoms with Gasteiger partial charge in [0.25, 0.3) is 0 Å². The van der Waals surface area contributed by atoms with Crippen LogP contribution < -0.4 is 0 Å². The van der Waals surface area contributed by atoms with Crippen LogP contribution >= 0.6 is 0 Å². The minimum absolute atomic E-state index is 0. The maximum absolute atomic E-state index is 10.3. The fraction of sp³-hybridized carbons (Fsp3) is 0.667. The number of carbonyl (C=O) groups excluding carboxylic acids is 2. The van der Waals surface area contributed by atoms with Gasteiger partial charge in [-0.1, -0.05) is 13.8 Å². The van der Waals surface area contributed by atoms with Gasteiger partial charge < -0.3 is 4.74 Å². The first-order valence-corrected chi connectivity index (χ1v) is 5.03. The number of rotatable bonds is 2. The maximum atomic E-state index is 10.3. The third-order valence-corrected chi connectivity index (χ3v) is 0.805. The second-order valence-electron chi connectivity index (χ2n) is 2.00. The van der Waals surface area contributed by atoms with Crippen LogP contribution in [-0.4, -0.2) is 29.5 Å². The standard InChI is InChI=1S/C6H10O3.Cu.H2O4S/c1-3-5(7)9-6(8)4-2;;1-5(2,3)4/h3-4H2,1-2H3;;(H2,1,2,3,4). The molecule has 0 saturated heterocycles. The molecule has 0 rings (SSSR count). The summed E-state index contributed by atoms with van der Waals surface area (Å²) >= 11 is 0. The van der Waals surface area contributed by atoms with Gasteiger partial charge in [-0.05, 0) is 0 Å². The molecule has 95 valence electrons. The molecule has 0 heterocycles. The topological polar surface area (TPSA) is 118 Å². The summed E-state index contributed by atoms with van der Waals surface area (Å²) in [5, 5.41) is 0. The minimum Gasteiger partial charge on any atom is -0.393 e. The molecule has 0 fully saturated rings. The van der Waals surface area contributed by atoms with Crippen LogP contribution in [0.4, 0.5) is 0 Å². The molecule has 0 unspecified atom stereocenters. The molecule has 0 aromatic heterocycles. The van der Waals surface area contributed by atoms with Gasteiger partial charge in [0, 0.05) is 29.9 Å². The predicted molar refractivity (Wildman–Crippen MR) is 45.9 cm³/mol. The Kier molecular flexibility index (Phi) is 13.4. The molecule has 0 aliphatic carbocycles. The van der Waals surface area contributed by atoms with Gasteiger partial charge in [0.2, 0.25) is 0 Å². The molecule has 2 N–H and O–H groups in total. The average Bonchev–Trinajstić information content (AvgIpc) is 2.01. The maximum Gasteiger partial charge on any atom is 0.394 e. The Hall–Kier alpha value is -0.471. The summed E-state index contributed by atoms with van der Waals surface area (Å²) in [5.41, 5.74) is 0. The molecule has 0 aliphatic heterocycles. The third-order valence-electron chi connectivity index (χ3n) is 0.805. The van der Waals surface area contributed by atoms with E-state index in [2.05, 4.69) is 4.74 Å². The van der Waals surface area contributed by atoms with Crippen molar-refractivity contribution in [2.24, 2.45) is 0 Å². The van der Waals surface area contributed by atoms with Crippen molar-refractivity contribution in [1.82, 2.24) is 0 Å². The van der Waals surface area contributed by atoms with Crippen LogP contribution in [0.1, 0.15) is 26.7 Å². The van der Waals surface area contributed by atoms with E-state index in [1.165, 1.54) is 0 Å². The van der Waals surface area contributed by atoms with Crippen molar-refractivity contribution in [3.63, 3.8) is 0 Å². The monoisotopic (exact) mass is 291 g/mol. The van der Waals surface area contributed by atoms with E-state index in [9.17, 15) is 9.59 Å². The molecule has 15 heavy (non-hydrogen) atoms. The van der Waals surface area contributed by atoms with E-state index in [1.54, 1.807) is 13.8 Å². The zero-order chi connectivity index (χ0) is 11.8. The smallest absolute Gasteiger partial charge is 0.393 e. The molecule has 0 amide bonds. The van der Waals surface area contributed by atoms with Crippen molar-refractivity contribution < 1.29 is 48.9 Å². The largest absolute Gasteiger partial charge is 0.394 e. The molecule has 0 bridgehead atoms. The quantitative estimate of drug-likeness (QED) is 0.323. The Morgan fingerprint density at radius 2 is 1.27 bits per heavy atom. The van der Waals surface area contributed by atoms with Gasteiger partial charge in [0.1, 0.15) is 0 Å². The van der Waals surface area contributed by atoms with E-state index in [0.29, 0.717) is 0 Å². The second kappa shape index (κ2) is 10.1. The second-order valence-corrected chi connectivity index (χ2v) is 2.90. The van der Waals surface area contributed by atoms with Crippen LogP contribution in [0.15, 0.2) is 0 Å². The fourth-order valence-corrected chi connectivity index (χ4v) is 0.271. The van der Waals surface area contributed by atoms with Gasteiger partial charge in [0.15, 0.2) is 0 Å². The Balaban J connectivity index is -0.000000208. The van der Waals surface area contributed by atoms with Gasteiger partial charge in [-0.25, -0.2) is 0 Å². The Bertz CT molecular complexity index is 262. The molecule has 0 aliphatic rings. The molecule has 9 heteroatoms. The molecule has 0 saturated carbocycles. The van der Waals surface area contributed by atoms with E-state index >= 15 is 0 Å². The molecule has 0 spiro atoms. The normalized spacial score (nSPS) is 9.07. The van der Waals surface area contributed by atoms with E-state index < -0.39 is 22.3 Å². The van der Waals surface area contributed by atoms with Crippen molar-refractivity contribution >= 4 is 22.3 Å². The molecule has 7 nitrogen and oxygen atoms in total. The van der Waals surface area contributed by atoms with Gasteiger partial charge in [-0.15, -0.1) is 0 Å². The zero-order valence-electron chi connectivity index (χ0n) is 8.06. The Morgan fingerprint density at radius 3 is 1.40 bits per heavy atom. The number of esters is 2. The fourth-order valence-electron chi connectivity index (χ4n) is 0.271. The summed E-state index contributed by atoms with van der Waals surface area (Å²) < 4.78 is 35.9. The number of hydrogen-bond acceptors (Lipinski definition) is 5. The van der Waals surface area contributed by atoms with Crippen LogP contribution in [0, 0.1) is 0 Å². The summed E-state index contributed by atoms with van der Waals surface area (Å²) in [7, 11) is -4.67. The molecular weight excluding hydrogens is 280 g/mol. The number of carbonyl (C=O) groups is 2. The molecule has 0 atom stereocenters. The molecule has 1 radical (unpaired) electrons. The minimum atomic E-state index is -4.67. The molecule has 0 aromatic rings. The number of ether oxygens (including phenoxy) is 1. The van der Waals surface area contributed by atoms with Crippen molar-refractivity contribution in [2.75, 3.05) is 0 Å².